The zero-order valence-electron chi connectivity index (χ0n) is 16.9. The Balaban J connectivity index is 1.33. The lowest BCUT2D eigenvalue weighted by Gasteiger charge is -2.09. The minimum absolute atomic E-state index is 0.889. The van der Waals surface area contributed by atoms with Gasteiger partial charge in [-0.3, -0.25) is 0 Å². The van der Waals surface area contributed by atoms with Crippen LogP contribution in [0.2, 0.25) is 0 Å². The molecule has 4 nitrogen and oxygen atoms in total. The van der Waals surface area contributed by atoms with Crippen LogP contribution in [0.25, 0.3) is 44.8 Å². The summed E-state index contributed by atoms with van der Waals surface area (Å²) in [5, 5.41) is 0. The summed E-state index contributed by atoms with van der Waals surface area (Å²) in [5.74, 6) is 1.78. The molecule has 0 amide bonds. The number of H-pyrrole nitrogens is 2. The average Bonchev–Trinajstić information content (AvgIpc) is 3.47. The maximum atomic E-state index is 4.79. The Hall–Kier alpha value is -3.48. The minimum Gasteiger partial charge on any atom is -0.338 e. The summed E-state index contributed by atoms with van der Waals surface area (Å²) in [4.78, 5) is 18.8. The fourth-order valence-electron chi connectivity index (χ4n) is 3.72. The van der Waals surface area contributed by atoms with E-state index in [1.807, 2.05) is 36.4 Å². The monoisotopic (exact) mass is 450 g/mol. The van der Waals surface area contributed by atoms with Gasteiger partial charge in [0.1, 0.15) is 11.6 Å². The molecule has 4 aromatic carbocycles. The largest absolute Gasteiger partial charge is 0.338 e. The van der Waals surface area contributed by atoms with Crippen molar-refractivity contribution < 1.29 is 0 Å². The van der Waals surface area contributed by atoms with E-state index in [4.69, 9.17) is 9.97 Å². The van der Waals surface area contributed by atoms with Gasteiger partial charge in [0.15, 0.2) is 0 Å². The normalized spacial score (nSPS) is 11.4. The van der Waals surface area contributed by atoms with Gasteiger partial charge in [-0.15, -0.1) is 0 Å². The van der Waals surface area contributed by atoms with Gasteiger partial charge in [-0.2, -0.15) is 0 Å². The molecule has 0 atom stereocenters. The topological polar surface area (TPSA) is 57.4 Å². The predicted octanol–water partition coefficient (Wildman–Crippen LogP) is 7.57. The number of hydrogen-bond donors (Lipinski definition) is 2. The molecule has 2 heterocycles. The zero-order valence-corrected chi connectivity index (χ0v) is 18.6. The van der Waals surface area contributed by atoms with E-state index < -0.39 is 0 Å². The van der Waals surface area contributed by atoms with E-state index >= 15 is 0 Å². The molecule has 6 rings (SSSR count). The highest BCUT2D eigenvalue weighted by Crippen LogP contribution is 2.44. The molecule has 0 spiro atoms. The molecule has 6 heteroatoms. The van der Waals surface area contributed by atoms with Crippen LogP contribution < -0.4 is 0 Å². The van der Waals surface area contributed by atoms with E-state index in [-0.39, 0.29) is 0 Å². The molecular weight excluding hydrogens is 432 g/mol. The third kappa shape index (κ3) is 3.57. The molecule has 154 valence electrons. The molecular formula is C26H18N4S2. The highest BCUT2D eigenvalue weighted by molar-refractivity contribution is 8.76. The van der Waals surface area contributed by atoms with E-state index in [1.165, 1.54) is 0 Å². The van der Waals surface area contributed by atoms with E-state index in [0.717, 1.165) is 54.6 Å². The van der Waals surface area contributed by atoms with Crippen molar-refractivity contribution in [2.75, 3.05) is 0 Å². The Kier molecular flexibility index (Phi) is 4.94. The summed E-state index contributed by atoms with van der Waals surface area (Å²) < 4.78 is 0. The van der Waals surface area contributed by atoms with Crippen molar-refractivity contribution in [3.05, 3.63) is 97.1 Å². The number of nitrogens with one attached hydrogen (secondary N) is 2. The summed E-state index contributed by atoms with van der Waals surface area (Å²) >= 11 is 0. The number of benzene rings is 4. The Bertz CT molecular complexity index is 1370. The first-order chi connectivity index (χ1) is 15.8. The van der Waals surface area contributed by atoms with E-state index in [9.17, 15) is 0 Å². The van der Waals surface area contributed by atoms with E-state index in [1.54, 1.807) is 21.6 Å². The van der Waals surface area contributed by atoms with Crippen LogP contribution in [-0.4, -0.2) is 19.9 Å². The van der Waals surface area contributed by atoms with Crippen LogP contribution in [-0.2, 0) is 0 Å². The SMILES string of the molecule is c1ccc(-c2nc3ccccc3[nH]2)c(SSc2ccccc2-c2nc3ccccc3[nH]2)c1. The number of hydrogen-bond acceptors (Lipinski definition) is 4. The Morgan fingerprint density at radius 2 is 0.875 bits per heavy atom. The number of para-hydroxylation sites is 4. The summed E-state index contributed by atoms with van der Waals surface area (Å²) in [6.07, 6.45) is 0. The fourth-order valence-corrected chi connectivity index (χ4v) is 6.09. The lowest BCUT2D eigenvalue weighted by molar-refractivity contribution is 1.29. The van der Waals surface area contributed by atoms with Crippen LogP contribution in [0.5, 0.6) is 0 Å². The van der Waals surface area contributed by atoms with E-state index in [2.05, 4.69) is 70.6 Å². The first-order valence-corrected chi connectivity index (χ1v) is 12.4. The molecule has 0 fully saturated rings. The molecule has 0 bridgehead atoms. The molecule has 32 heavy (non-hydrogen) atoms. The molecule has 0 saturated heterocycles. The summed E-state index contributed by atoms with van der Waals surface area (Å²) in [6, 6.07) is 33.0. The summed E-state index contributed by atoms with van der Waals surface area (Å²) in [7, 11) is 3.47. The second-order valence-electron chi connectivity index (χ2n) is 7.36. The van der Waals surface area contributed by atoms with Crippen molar-refractivity contribution in [1.82, 2.24) is 19.9 Å². The number of aromatic nitrogens is 4. The number of rotatable bonds is 5. The average molecular weight is 451 g/mol. The van der Waals surface area contributed by atoms with Crippen molar-refractivity contribution in [3.63, 3.8) is 0 Å². The van der Waals surface area contributed by atoms with E-state index in [0.29, 0.717) is 0 Å². The second kappa shape index (κ2) is 8.22. The quantitative estimate of drug-likeness (QED) is 0.266. The third-order valence-corrected chi connectivity index (χ3v) is 7.77. The second-order valence-corrected chi connectivity index (χ2v) is 9.58. The van der Waals surface area contributed by atoms with Crippen LogP contribution in [0.15, 0.2) is 107 Å². The smallest absolute Gasteiger partial charge is 0.139 e. The molecule has 2 N–H and O–H groups in total. The van der Waals surface area contributed by atoms with Gasteiger partial charge >= 0.3 is 0 Å². The summed E-state index contributed by atoms with van der Waals surface area (Å²) in [6.45, 7) is 0. The zero-order chi connectivity index (χ0) is 21.3. The van der Waals surface area contributed by atoms with Gasteiger partial charge in [0, 0.05) is 20.9 Å². The van der Waals surface area contributed by atoms with Crippen molar-refractivity contribution in [3.8, 4) is 22.8 Å². The molecule has 0 aliphatic rings. The van der Waals surface area contributed by atoms with Gasteiger partial charge < -0.3 is 9.97 Å². The van der Waals surface area contributed by atoms with Crippen LogP contribution in [0.3, 0.4) is 0 Å². The van der Waals surface area contributed by atoms with Gasteiger partial charge in [0.2, 0.25) is 0 Å². The van der Waals surface area contributed by atoms with Gasteiger partial charge in [-0.05, 0) is 36.4 Å². The van der Waals surface area contributed by atoms with Crippen molar-refractivity contribution in [2.45, 2.75) is 9.79 Å². The van der Waals surface area contributed by atoms with Crippen molar-refractivity contribution >= 4 is 43.7 Å². The molecule has 0 radical (unpaired) electrons. The molecule has 0 aliphatic heterocycles. The highest BCUT2D eigenvalue weighted by atomic mass is 33.1. The Labute approximate surface area is 192 Å². The molecule has 0 aliphatic carbocycles. The maximum absolute atomic E-state index is 4.79. The van der Waals surface area contributed by atoms with Gasteiger partial charge in [-0.1, -0.05) is 82.3 Å². The predicted molar refractivity (Wildman–Crippen MR) is 135 cm³/mol. The van der Waals surface area contributed by atoms with Gasteiger partial charge in [0.05, 0.1) is 22.1 Å². The van der Waals surface area contributed by atoms with Gasteiger partial charge in [0.25, 0.3) is 0 Å². The maximum Gasteiger partial charge on any atom is 0.139 e. The Morgan fingerprint density at radius 1 is 0.469 bits per heavy atom. The first kappa shape index (κ1) is 19.2. The fraction of sp³-hybridized carbons (Fsp3) is 0. The molecule has 0 unspecified atom stereocenters. The van der Waals surface area contributed by atoms with Crippen molar-refractivity contribution in [2.24, 2.45) is 0 Å². The molecule has 2 aromatic heterocycles. The van der Waals surface area contributed by atoms with Crippen LogP contribution in [0.4, 0.5) is 0 Å². The lowest BCUT2D eigenvalue weighted by Crippen LogP contribution is -1.85. The van der Waals surface area contributed by atoms with Crippen LogP contribution >= 0.6 is 21.6 Å². The molecule has 0 saturated carbocycles. The molecule has 6 aromatic rings. The van der Waals surface area contributed by atoms with Gasteiger partial charge in [-0.25, -0.2) is 9.97 Å². The Morgan fingerprint density at radius 3 is 1.34 bits per heavy atom. The standard InChI is InChI=1S/C26H18N4S2/c1-7-15-23(17(9-1)25-27-19-11-3-4-12-20(19)28-25)31-32-24-16-8-2-10-18(24)26-29-21-13-5-6-14-22(21)30-26/h1-16H,(H,27,28)(H,29,30). The highest BCUT2D eigenvalue weighted by Gasteiger charge is 2.14. The number of fused-ring (bicyclic) bond motifs is 2. The first-order valence-electron chi connectivity index (χ1n) is 10.3. The summed E-state index contributed by atoms with van der Waals surface area (Å²) in [5.41, 5.74) is 6.25. The number of imidazole rings is 2. The third-order valence-electron chi connectivity index (χ3n) is 5.28. The number of aromatic amines is 2. The van der Waals surface area contributed by atoms with Crippen molar-refractivity contribution in [1.29, 1.82) is 0 Å². The van der Waals surface area contributed by atoms with Crippen LogP contribution in [0, 0.1) is 0 Å². The lowest BCUT2D eigenvalue weighted by atomic mass is 10.2. The number of nitrogens with zero attached hydrogens (tertiary/aromatic N) is 2. The van der Waals surface area contributed by atoms with Crippen LogP contribution in [0.1, 0.15) is 0 Å². The minimum atomic E-state index is 0.889.